The van der Waals surface area contributed by atoms with E-state index in [9.17, 15) is 19.8 Å². The molecule has 3 N–H and O–H groups in total. The van der Waals surface area contributed by atoms with Gasteiger partial charge in [-0.1, -0.05) is 264 Å². The number of esters is 1. The summed E-state index contributed by atoms with van der Waals surface area (Å²) in [7, 11) is 0. The first-order chi connectivity index (χ1) is 29.5. The highest BCUT2D eigenvalue weighted by Gasteiger charge is 2.18. The van der Waals surface area contributed by atoms with Crippen molar-refractivity contribution >= 4 is 11.9 Å². The Morgan fingerprint density at radius 2 is 0.767 bits per heavy atom. The van der Waals surface area contributed by atoms with Gasteiger partial charge in [0.2, 0.25) is 5.91 Å². The van der Waals surface area contributed by atoms with Crippen molar-refractivity contribution < 1.29 is 24.5 Å². The molecule has 0 rings (SSSR count). The van der Waals surface area contributed by atoms with E-state index in [2.05, 4.69) is 19.2 Å². The number of unbranched alkanes of at least 4 members (excludes halogenated alkanes) is 39. The molecule has 0 fully saturated rings. The van der Waals surface area contributed by atoms with Crippen LogP contribution < -0.4 is 5.32 Å². The molecule has 0 saturated heterocycles. The van der Waals surface area contributed by atoms with E-state index in [1.807, 2.05) is 6.08 Å². The molecule has 0 saturated carbocycles. The topological polar surface area (TPSA) is 95.9 Å². The number of rotatable bonds is 50. The van der Waals surface area contributed by atoms with Crippen molar-refractivity contribution in [2.75, 3.05) is 13.2 Å². The van der Waals surface area contributed by atoms with E-state index in [0.717, 1.165) is 38.5 Å². The summed E-state index contributed by atoms with van der Waals surface area (Å²) in [4.78, 5) is 24.3. The Labute approximate surface area is 374 Å². The van der Waals surface area contributed by atoms with Crippen LogP contribution in [0.4, 0.5) is 0 Å². The predicted octanol–water partition coefficient (Wildman–Crippen LogP) is 16.1. The molecule has 0 aromatic heterocycles. The van der Waals surface area contributed by atoms with Crippen molar-refractivity contribution in [2.45, 2.75) is 309 Å². The van der Waals surface area contributed by atoms with E-state index < -0.39 is 12.1 Å². The Hall–Kier alpha value is -1.40. The minimum atomic E-state index is -0.840. The Morgan fingerprint density at radius 1 is 0.450 bits per heavy atom. The summed E-state index contributed by atoms with van der Waals surface area (Å²) in [5, 5.41) is 22.9. The molecule has 0 aliphatic rings. The summed E-state index contributed by atoms with van der Waals surface area (Å²) in [6.45, 7) is 4.88. The normalized spacial score (nSPS) is 12.7. The monoisotopic (exact) mass is 848 g/mol. The molecule has 0 aromatic rings. The van der Waals surface area contributed by atoms with Gasteiger partial charge in [-0.25, -0.2) is 0 Å². The Balaban J connectivity index is 3.35. The standard InChI is InChI=1S/C54H105NO5/c1-3-5-7-9-11-13-27-32-36-40-44-48-54(59)60-49-45-41-37-33-29-26-24-22-20-18-16-14-15-17-19-21-23-25-28-31-35-39-43-47-53(58)55-51(50-56)52(57)46-42-38-34-30-12-10-8-6-4-2/h42,46,51-52,56-57H,3-41,43-45,47-50H2,1-2H3,(H,55,58)/b46-42+. The summed E-state index contributed by atoms with van der Waals surface area (Å²) in [6, 6.07) is -0.624. The summed E-state index contributed by atoms with van der Waals surface area (Å²) >= 11 is 0. The first-order valence-corrected chi connectivity index (χ1v) is 27.0. The zero-order valence-corrected chi connectivity index (χ0v) is 40.5. The van der Waals surface area contributed by atoms with Crippen LogP contribution in [0.3, 0.4) is 0 Å². The number of amides is 1. The van der Waals surface area contributed by atoms with E-state index >= 15 is 0 Å². The van der Waals surface area contributed by atoms with Gasteiger partial charge >= 0.3 is 5.97 Å². The summed E-state index contributed by atoms with van der Waals surface area (Å²) in [5.41, 5.74) is 0. The quantitative estimate of drug-likeness (QED) is 0.0322. The zero-order chi connectivity index (χ0) is 43.7. The van der Waals surface area contributed by atoms with Crippen LogP contribution in [0.2, 0.25) is 0 Å². The zero-order valence-electron chi connectivity index (χ0n) is 40.5. The number of nitrogens with one attached hydrogen (secondary N) is 1. The minimum Gasteiger partial charge on any atom is -0.466 e. The van der Waals surface area contributed by atoms with Gasteiger partial charge in [0.1, 0.15) is 0 Å². The third-order valence-electron chi connectivity index (χ3n) is 12.6. The molecule has 6 heteroatoms. The molecule has 6 nitrogen and oxygen atoms in total. The molecule has 60 heavy (non-hydrogen) atoms. The molecule has 0 spiro atoms. The van der Waals surface area contributed by atoms with E-state index in [1.165, 1.54) is 231 Å². The lowest BCUT2D eigenvalue weighted by molar-refractivity contribution is -0.143. The second kappa shape index (κ2) is 50.2. The molecule has 2 atom stereocenters. The number of allylic oxidation sites excluding steroid dienone is 1. The number of aliphatic hydroxyl groups excluding tert-OH is 2. The fraction of sp³-hybridized carbons (Fsp3) is 0.926. The fourth-order valence-corrected chi connectivity index (χ4v) is 8.40. The fourth-order valence-electron chi connectivity index (χ4n) is 8.40. The molecule has 0 aliphatic carbocycles. The number of carbonyl (C=O) groups excluding carboxylic acids is 2. The highest BCUT2D eigenvalue weighted by molar-refractivity contribution is 5.76. The smallest absolute Gasteiger partial charge is 0.305 e. The van der Waals surface area contributed by atoms with Crippen LogP contribution in [0, 0.1) is 0 Å². The maximum absolute atomic E-state index is 12.4. The van der Waals surface area contributed by atoms with Gasteiger partial charge in [-0.2, -0.15) is 0 Å². The Bertz CT molecular complexity index is 893. The van der Waals surface area contributed by atoms with Crippen LogP contribution in [-0.4, -0.2) is 47.4 Å². The minimum absolute atomic E-state index is 0.0134. The van der Waals surface area contributed by atoms with Crippen molar-refractivity contribution in [1.82, 2.24) is 5.32 Å². The number of hydrogen-bond acceptors (Lipinski definition) is 5. The van der Waals surface area contributed by atoms with Crippen molar-refractivity contribution in [3.05, 3.63) is 12.2 Å². The number of hydrogen-bond donors (Lipinski definition) is 3. The van der Waals surface area contributed by atoms with Crippen molar-refractivity contribution in [2.24, 2.45) is 0 Å². The van der Waals surface area contributed by atoms with Gasteiger partial charge < -0.3 is 20.3 Å². The van der Waals surface area contributed by atoms with Crippen LogP contribution in [0.1, 0.15) is 296 Å². The molecular formula is C54H105NO5. The number of carbonyl (C=O) groups is 2. The first kappa shape index (κ1) is 58.6. The second-order valence-corrected chi connectivity index (χ2v) is 18.6. The lowest BCUT2D eigenvalue weighted by atomic mass is 10.0. The average molecular weight is 848 g/mol. The molecule has 0 aromatic carbocycles. The predicted molar refractivity (Wildman–Crippen MR) is 260 cm³/mol. The lowest BCUT2D eigenvalue weighted by Gasteiger charge is -2.20. The second-order valence-electron chi connectivity index (χ2n) is 18.6. The van der Waals surface area contributed by atoms with E-state index in [1.54, 1.807) is 6.08 Å². The largest absolute Gasteiger partial charge is 0.466 e. The van der Waals surface area contributed by atoms with Gasteiger partial charge in [-0.3, -0.25) is 9.59 Å². The number of aliphatic hydroxyl groups is 2. The summed E-state index contributed by atoms with van der Waals surface area (Å²) in [6.07, 6.45) is 58.1. The molecule has 0 aliphatic heterocycles. The van der Waals surface area contributed by atoms with Gasteiger partial charge in [0.15, 0.2) is 0 Å². The molecular weight excluding hydrogens is 743 g/mol. The van der Waals surface area contributed by atoms with Crippen LogP contribution in [0.25, 0.3) is 0 Å². The van der Waals surface area contributed by atoms with Crippen molar-refractivity contribution in [3.8, 4) is 0 Å². The Kier molecular flexibility index (Phi) is 49.1. The van der Waals surface area contributed by atoms with Crippen LogP contribution in [0.15, 0.2) is 12.2 Å². The molecule has 1 amide bonds. The molecule has 356 valence electrons. The van der Waals surface area contributed by atoms with Gasteiger partial charge in [0.05, 0.1) is 25.4 Å². The van der Waals surface area contributed by atoms with E-state index in [4.69, 9.17) is 4.74 Å². The van der Waals surface area contributed by atoms with Crippen molar-refractivity contribution in [3.63, 3.8) is 0 Å². The molecule has 0 bridgehead atoms. The number of ether oxygens (including phenoxy) is 1. The average Bonchev–Trinajstić information content (AvgIpc) is 3.25. The molecule has 0 radical (unpaired) electrons. The third kappa shape index (κ3) is 46.1. The SMILES string of the molecule is CCCCCCCCC/C=C/C(O)C(CO)NC(=O)CCCCCCCCCCCCCCCCCCCCCCCCCOC(=O)CCCCCCCCCCCCC. The maximum atomic E-state index is 12.4. The lowest BCUT2D eigenvalue weighted by Crippen LogP contribution is -2.45. The molecule has 0 heterocycles. The van der Waals surface area contributed by atoms with Crippen LogP contribution >= 0.6 is 0 Å². The van der Waals surface area contributed by atoms with Gasteiger partial charge in [0, 0.05) is 12.8 Å². The molecule has 2 unspecified atom stereocenters. The first-order valence-electron chi connectivity index (χ1n) is 27.0. The summed E-state index contributed by atoms with van der Waals surface area (Å²) in [5.74, 6) is -0.0560. The third-order valence-corrected chi connectivity index (χ3v) is 12.6. The van der Waals surface area contributed by atoms with Gasteiger partial charge in [-0.05, 0) is 32.1 Å². The van der Waals surface area contributed by atoms with Gasteiger partial charge in [0.25, 0.3) is 0 Å². The highest BCUT2D eigenvalue weighted by Crippen LogP contribution is 2.17. The van der Waals surface area contributed by atoms with E-state index in [0.29, 0.717) is 19.4 Å². The van der Waals surface area contributed by atoms with Crippen LogP contribution in [0.5, 0.6) is 0 Å². The Morgan fingerprint density at radius 3 is 1.13 bits per heavy atom. The summed E-state index contributed by atoms with van der Waals surface area (Å²) < 4.78 is 5.46. The van der Waals surface area contributed by atoms with Gasteiger partial charge in [-0.15, -0.1) is 0 Å². The highest BCUT2D eigenvalue weighted by atomic mass is 16.5. The maximum Gasteiger partial charge on any atom is 0.305 e. The van der Waals surface area contributed by atoms with Crippen LogP contribution in [-0.2, 0) is 14.3 Å². The van der Waals surface area contributed by atoms with E-state index in [-0.39, 0.29) is 18.5 Å². The van der Waals surface area contributed by atoms with Crippen molar-refractivity contribution in [1.29, 1.82) is 0 Å².